The van der Waals surface area contributed by atoms with E-state index in [0.717, 1.165) is 11.6 Å². The highest BCUT2D eigenvalue weighted by Crippen LogP contribution is 2.35. The Balaban J connectivity index is 1.49. The minimum Gasteiger partial charge on any atom is -0.497 e. The Hall–Kier alpha value is -4.45. The Morgan fingerprint density at radius 3 is 2.56 bits per heavy atom. The molecule has 1 saturated heterocycles. The number of imide groups is 1. The van der Waals surface area contributed by atoms with Crippen molar-refractivity contribution in [2.24, 2.45) is 0 Å². The molecule has 2 N–H and O–H groups in total. The first-order valence-electron chi connectivity index (χ1n) is 12.3. The lowest BCUT2D eigenvalue weighted by Gasteiger charge is -2.29. The number of nitrogens with one attached hydrogen (secondary N) is 2. The van der Waals surface area contributed by atoms with E-state index in [1.807, 2.05) is 19.0 Å². The quantitative estimate of drug-likeness (QED) is 0.421. The topological polar surface area (TPSA) is 124 Å². The van der Waals surface area contributed by atoms with E-state index < -0.39 is 29.2 Å². The number of fused-ring (bicyclic) bond motifs is 2. The maximum Gasteiger partial charge on any atom is 0.322 e. The largest absolute Gasteiger partial charge is 0.497 e. The number of methoxy groups -OCH3 is 1. The van der Waals surface area contributed by atoms with Crippen LogP contribution in [0.3, 0.4) is 0 Å². The molecule has 2 aliphatic rings. The lowest BCUT2D eigenvalue weighted by atomic mass is 9.95. The van der Waals surface area contributed by atoms with E-state index in [-0.39, 0.29) is 35.9 Å². The molecule has 0 aliphatic carbocycles. The zero-order valence-electron chi connectivity index (χ0n) is 22.0. The Kier molecular flexibility index (Phi) is 6.51. The summed E-state index contributed by atoms with van der Waals surface area (Å²) in [6.45, 7) is 0.968. The lowest BCUT2D eigenvalue weighted by molar-refractivity contribution is -0.125. The molecule has 1 atom stereocenters. The van der Waals surface area contributed by atoms with Gasteiger partial charge in [0.05, 0.1) is 19.2 Å². The second-order valence-electron chi connectivity index (χ2n) is 10.0. The van der Waals surface area contributed by atoms with Gasteiger partial charge in [0.1, 0.15) is 22.9 Å². The molecule has 0 radical (unpaired) electrons. The van der Waals surface area contributed by atoms with E-state index in [1.54, 1.807) is 25.2 Å². The number of nitrogens with zero attached hydrogens (tertiary/aromatic N) is 3. The number of furan rings is 1. The fourth-order valence-corrected chi connectivity index (χ4v) is 4.83. The van der Waals surface area contributed by atoms with E-state index in [1.165, 1.54) is 29.0 Å². The minimum absolute atomic E-state index is 0.00662. The van der Waals surface area contributed by atoms with Crippen LogP contribution in [0.1, 0.15) is 32.0 Å². The van der Waals surface area contributed by atoms with Gasteiger partial charge in [-0.2, -0.15) is 0 Å². The normalized spacial score (nSPS) is 18.5. The Morgan fingerprint density at radius 2 is 1.90 bits per heavy atom. The summed E-state index contributed by atoms with van der Waals surface area (Å²) in [5.74, 6) is -1.81. The average molecular weight is 538 g/mol. The van der Waals surface area contributed by atoms with Crippen molar-refractivity contribution in [3.8, 4) is 5.75 Å². The highest BCUT2D eigenvalue weighted by atomic mass is 19.1. The standard InChI is InChI=1S/C27H28FN5O6/c1-31(2)7-8-32(3)23(34)19-9-16-10-22(39-21(16)12-20(19)28)27(25(36)29-26(37)30-27)14-33-13-15-5-6-17(38-4)11-18(15)24(33)35/h5-6,9-12H,7-8,13-14H2,1-4H3,(H2,29,30,36,37). The number of urea groups is 1. The van der Waals surface area contributed by atoms with Gasteiger partial charge in [-0.05, 0) is 43.9 Å². The van der Waals surface area contributed by atoms with Crippen molar-refractivity contribution in [1.82, 2.24) is 25.3 Å². The zero-order chi connectivity index (χ0) is 28.1. The number of hydrogen-bond donors (Lipinski definition) is 2. The second kappa shape index (κ2) is 9.70. The zero-order valence-corrected chi connectivity index (χ0v) is 22.0. The minimum atomic E-state index is -1.76. The molecule has 3 aromatic rings. The van der Waals surface area contributed by atoms with Gasteiger partial charge in [-0.1, -0.05) is 6.07 Å². The van der Waals surface area contributed by atoms with E-state index >= 15 is 4.39 Å². The molecule has 1 unspecified atom stereocenters. The molecule has 1 fully saturated rings. The van der Waals surface area contributed by atoms with Crippen molar-refractivity contribution in [3.63, 3.8) is 0 Å². The predicted molar refractivity (Wildman–Crippen MR) is 138 cm³/mol. The molecule has 0 saturated carbocycles. The summed E-state index contributed by atoms with van der Waals surface area (Å²) in [6, 6.07) is 8.29. The van der Waals surface area contributed by atoms with Crippen molar-refractivity contribution in [3.05, 3.63) is 64.7 Å². The summed E-state index contributed by atoms with van der Waals surface area (Å²) in [5.41, 5.74) is -0.647. The third-order valence-electron chi connectivity index (χ3n) is 7.05. The molecule has 5 amide bonds. The monoisotopic (exact) mass is 537 g/mol. The highest BCUT2D eigenvalue weighted by Gasteiger charge is 2.53. The van der Waals surface area contributed by atoms with Crippen LogP contribution in [0.5, 0.6) is 5.75 Å². The molecule has 11 nitrogen and oxygen atoms in total. The number of amides is 5. The summed E-state index contributed by atoms with van der Waals surface area (Å²) in [7, 11) is 6.83. The molecule has 3 heterocycles. The van der Waals surface area contributed by atoms with Crippen molar-refractivity contribution >= 4 is 34.7 Å². The Labute approximate surface area is 223 Å². The SMILES string of the molecule is COc1ccc2c(c1)C(=O)N(CC1(c3cc4cc(C(=O)N(C)CCN(C)C)c(F)cc4o3)NC(=O)NC1=O)C2. The van der Waals surface area contributed by atoms with E-state index in [0.29, 0.717) is 29.8 Å². The molecular weight excluding hydrogens is 509 g/mol. The predicted octanol–water partition coefficient (Wildman–Crippen LogP) is 1.90. The lowest BCUT2D eigenvalue weighted by Crippen LogP contribution is -2.52. The van der Waals surface area contributed by atoms with Gasteiger partial charge in [-0.3, -0.25) is 19.7 Å². The summed E-state index contributed by atoms with van der Waals surface area (Å²) in [6.07, 6.45) is 0. The van der Waals surface area contributed by atoms with Crippen LogP contribution in [0.25, 0.3) is 11.0 Å². The number of carbonyl (C=O) groups is 4. The van der Waals surface area contributed by atoms with Gasteiger partial charge in [0, 0.05) is 43.7 Å². The summed E-state index contributed by atoms with van der Waals surface area (Å²) < 4.78 is 26.1. The molecular formula is C27H28FN5O6. The fourth-order valence-electron chi connectivity index (χ4n) is 4.83. The van der Waals surface area contributed by atoms with Crippen LogP contribution in [0, 0.1) is 5.82 Å². The maximum atomic E-state index is 15.0. The van der Waals surface area contributed by atoms with Crippen molar-refractivity contribution < 1.29 is 32.7 Å². The summed E-state index contributed by atoms with van der Waals surface area (Å²) in [5, 5.41) is 5.18. The van der Waals surface area contributed by atoms with Gasteiger partial charge in [-0.25, -0.2) is 9.18 Å². The van der Waals surface area contributed by atoms with Gasteiger partial charge in [0.25, 0.3) is 17.7 Å². The van der Waals surface area contributed by atoms with Crippen LogP contribution in [-0.2, 0) is 16.9 Å². The number of benzene rings is 2. The first-order valence-corrected chi connectivity index (χ1v) is 12.3. The van der Waals surface area contributed by atoms with Crippen LogP contribution < -0.4 is 15.4 Å². The smallest absolute Gasteiger partial charge is 0.322 e. The third-order valence-corrected chi connectivity index (χ3v) is 7.05. The van der Waals surface area contributed by atoms with Crippen molar-refractivity contribution in [1.29, 1.82) is 0 Å². The molecule has 2 aromatic carbocycles. The number of hydrogen-bond acceptors (Lipinski definition) is 7. The molecule has 0 spiro atoms. The second-order valence-corrected chi connectivity index (χ2v) is 10.0. The molecule has 0 bridgehead atoms. The van der Waals surface area contributed by atoms with Gasteiger partial charge >= 0.3 is 6.03 Å². The molecule has 2 aliphatic heterocycles. The first kappa shape index (κ1) is 26.2. The van der Waals surface area contributed by atoms with Crippen molar-refractivity contribution in [2.45, 2.75) is 12.1 Å². The van der Waals surface area contributed by atoms with Gasteiger partial charge in [0.15, 0.2) is 5.54 Å². The molecule has 12 heteroatoms. The van der Waals surface area contributed by atoms with Crippen LogP contribution >= 0.6 is 0 Å². The van der Waals surface area contributed by atoms with Crippen LogP contribution in [0.15, 0.2) is 40.8 Å². The number of likely N-dealkylation sites (N-methyl/N-ethyl adjacent to an activating group) is 2. The molecule has 5 rings (SSSR count). The molecule has 204 valence electrons. The fraction of sp³-hybridized carbons (Fsp3) is 0.333. The Morgan fingerprint density at radius 1 is 1.13 bits per heavy atom. The number of carbonyl (C=O) groups excluding carboxylic acids is 4. The average Bonchev–Trinajstić information content (AvgIpc) is 3.54. The molecule has 1 aromatic heterocycles. The van der Waals surface area contributed by atoms with E-state index in [9.17, 15) is 19.2 Å². The maximum absolute atomic E-state index is 15.0. The van der Waals surface area contributed by atoms with E-state index in [2.05, 4.69) is 10.6 Å². The molecule has 39 heavy (non-hydrogen) atoms. The van der Waals surface area contributed by atoms with E-state index in [4.69, 9.17) is 9.15 Å². The van der Waals surface area contributed by atoms with Gasteiger partial charge in [0.2, 0.25) is 0 Å². The summed E-state index contributed by atoms with van der Waals surface area (Å²) in [4.78, 5) is 56.3. The van der Waals surface area contributed by atoms with Gasteiger partial charge in [-0.15, -0.1) is 0 Å². The Bertz CT molecular complexity index is 1520. The van der Waals surface area contributed by atoms with Crippen molar-refractivity contribution in [2.75, 3.05) is 47.9 Å². The highest BCUT2D eigenvalue weighted by molar-refractivity contribution is 6.08. The number of rotatable bonds is 8. The van der Waals surface area contributed by atoms with Crippen LogP contribution in [-0.4, -0.2) is 86.3 Å². The first-order chi connectivity index (χ1) is 18.5. The number of ether oxygens (including phenoxy) is 1. The summed E-state index contributed by atoms with van der Waals surface area (Å²) >= 11 is 0. The van der Waals surface area contributed by atoms with Crippen LogP contribution in [0.2, 0.25) is 0 Å². The van der Waals surface area contributed by atoms with Crippen LogP contribution in [0.4, 0.5) is 9.18 Å². The van der Waals surface area contributed by atoms with Gasteiger partial charge < -0.3 is 29.2 Å². The third kappa shape index (κ3) is 4.56. The number of halogens is 1.